The predicted octanol–water partition coefficient (Wildman–Crippen LogP) is 0.126. The summed E-state index contributed by atoms with van der Waals surface area (Å²) in [6.45, 7) is 5.12. The minimum atomic E-state index is -1.15. The molecule has 1 saturated heterocycles. The van der Waals surface area contributed by atoms with E-state index in [0.29, 0.717) is 0 Å². The Labute approximate surface area is 78.5 Å². The third-order valence-corrected chi connectivity index (χ3v) is 2.95. The van der Waals surface area contributed by atoms with E-state index in [4.69, 9.17) is 9.47 Å². The van der Waals surface area contributed by atoms with Gasteiger partial charge in [0.2, 0.25) is 0 Å². The largest absolute Gasteiger partial charge is 0.387 e. The van der Waals surface area contributed by atoms with E-state index in [2.05, 4.69) is 0 Å². The van der Waals surface area contributed by atoms with Crippen molar-refractivity contribution in [3.8, 4) is 0 Å². The molecule has 5 atom stereocenters. The van der Waals surface area contributed by atoms with Gasteiger partial charge in [-0.05, 0) is 13.8 Å². The summed E-state index contributed by atoms with van der Waals surface area (Å²) in [6.07, 6.45) is -1.72. The lowest BCUT2D eigenvalue weighted by atomic mass is 9.80. The van der Waals surface area contributed by atoms with E-state index in [0.717, 1.165) is 0 Å². The Bertz CT molecular complexity index is 180. The molecule has 4 heteroatoms. The fourth-order valence-electron chi connectivity index (χ4n) is 1.68. The average Bonchev–Trinajstić information content (AvgIpc) is 2.09. The Morgan fingerprint density at radius 1 is 1.38 bits per heavy atom. The highest BCUT2D eigenvalue weighted by Gasteiger charge is 2.48. The van der Waals surface area contributed by atoms with E-state index in [1.165, 1.54) is 7.11 Å². The Balaban J connectivity index is 2.82. The van der Waals surface area contributed by atoms with Crippen molar-refractivity contribution in [1.29, 1.82) is 0 Å². The summed E-state index contributed by atoms with van der Waals surface area (Å²) in [5.74, 6) is -0.247. The minimum absolute atomic E-state index is 0.247. The van der Waals surface area contributed by atoms with Gasteiger partial charge in [-0.25, -0.2) is 0 Å². The fourth-order valence-corrected chi connectivity index (χ4v) is 1.68. The monoisotopic (exact) mass is 190 g/mol. The van der Waals surface area contributed by atoms with Gasteiger partial charge in [0.25, 0.3) is 0 Å². The van der Waals surface area contributed by atoms with Crippen molar-refractivity contribution >= 4 is 0 Å². The first-order valence-electron chi connectivity index (χ1n) is 4.50. The van der Waals surface area contributed by atoms with E-state index < -0.39 is 24.1 Å². The molecular formula is C9H18O4. The molecule has 0 radical (unpaired) electrons. The topological polar surface area (TPSA) is 58.9 Å². The van der Waals surface area contributed by atoms with Gasteiger partial charge in [-0.15, -0.1) is 0 Å². The minimum Gasteiger partial charge on any atom is -0.387 e. The highest BCUT2D eigenvalue weighted by molar-refractivity contribution is 4.95. The number of aliphatic hydroxyl groups excluding tert-OH is 1. The summed E-state index contributed by atoms with van der Waals surface area (Å²) in [6, 6.07) is 0. The molecule has 1 heterocycles. The van der Waals surface area contributed by atoms with Crippen LogP contribution in [0, 0.1) is 5.92 Å². The quantitative estimate of drug-likeness (QED) is 0.617. The van der Waals surface area contributed by atoms with Crippen LogP contribution in [0.25, 0.3) is 0 Å². The maximum atomic E-state index is 9.97. The molecule has 4 nitrogen and oxygen atoms in total. The molecule has 0 aliphatic carbocycles. The number of hydrogen-bond acceptors (Lipinski definition) is 4. The third-order valence-electron chi connectivity index (χ3n) is 2.95. The lowest BCUT2D eigenvalue weighted by molar-refractivity contribution is -0.294. The van der Waals surface area contributed by atoms with Crippen molar-refractivity contribution in [3.05, 3.63) is 0 Å². The van der Waals surface area contributed by atoms with Crippen LogP contribution in [0.2, 0.25) is 0 Å². The van der Waals surface area contributed by atoms with Crippen LogP contribution in [0.3, 0.4) is 0 Å². The van der Waals surface area contributed by atoms with Crippen LogP contribution in [0.5, 0.6) is 0 Å². The van der Waals surface area contributed by atoms with E-state index in [9.17, 15) is 10.2 Å². The fraction of sp³-hybridized carbons (Fsp3) is 1.00. The van der Waals surface area contributed by atoms with Gasteiger partial charge in [0.1, 0.15) is 6.10 Å². The van der Waals surface area contributed by atoms with Crippen molar-refractivity contribution in [2.45, 2.75) is 44.9 Å². The molecule has 0 saturated carbocycles. The maximum Gasteiger partial charge on any atom is 0.163 e. The Morgan fingerprint density at radius 3 is 2.38 bits per heavy atom. The molecule has 0 aromatic rings. The number of hydrogen-bond donors (Lipinski definition) is 2. The second-order valence-corrected chi connectivity index (χ2v) is 3.90. The Morgan fingerprint density at radius 2 is 1.92 bits per heavy atom. The lowest BCUT2D eigenvalue weighted by Gasteiger charge is -2.46. The van der Waals surface area contributed by atoms with Crippen LogP contribution in [-0.4, -0.2) is 41.4 Å². The van der Waals surface area contributed by atoms with Crippen molar-refractivity contribution in [2.24, 2.45) is 5.92 Å². The van der Waals surface area contributed by atoms with Crippen molar-refractivity contribution in [1.82, 2.24) is 0 Å². The molecule has 1 aliphatic rings. The molecule has 1 rings (SSSR count). The lowest BCUT2D eigenvalue weighted by Crippen LogP contribution is -2.60. The summed E-state index contributed by atoms with van der Waals surface area (Å²) < 4.78 is 10.4. The zero-order chi connectivity index (χ0) is 10.2. The van der Waals surface area contributed by atoms with Gasteiger partial charge in [0.05, 0.1) is 11.7 Å². The highest BCUT2D eigenvalue weighted by atomic mass is 16.7. The van der Waals surface area contributed by atoms with Crippen LogP contribution in [0.1, 0.15) is 20.8 Å². The first-order chi connectivity index (χ1) is 5.91. The third kappa shape index (κ3) is 1.72. The summed E-state index contributed by atoms with van der Waals surface area (Å²) >= 11 is 0. The molecule has 2 N–H and O–H groups in total. The number of aliphatic hydroxyl groups is 2. The molecule has 0 amide bonds. The predicted molar refractivity (Wildman–Crippen MR) is 47.1 cm³/mol. The molecule has 1 fully saturated rings. The van der Waals surface area contributed by atoms with Crippen LogP contribution < -0.4 is 0 Å². The average molecular weight is 190 g/mol. The second kappa shape index (κ2) is 3.53. The van der Waals surface area contributed by atoms with Gasteiger partial charge in [0.15, 0.2) is 6.29 Å². The van der Waals surface area contributed by atoms with E-state index in [1.54, 1.807) is 20.8 Å². The van der Waals surface area contributed by atoms with Crippen molar-refractivity contribution in [3.63, 3.8) is 0 Å². The Kier molecular flexibility index (Phi) is 2.97. The summed E-state index contributed by atoms with van der Waals surface area (Å²) in [5, 5.41) is 19.6. The zero-order valence-corrected chi connectivity index (χ0v) is 8.52. The van der Waals surface area contributed by atoms with E-state index in [-0.39, 0.29) is 5.92 Å². The molecule has 0 bridgehead atoms. The first-order valence-corrected chi connectivity index (χ1v) is 4.50. The van der Waals surface area contributed by atoms with Gasteiger partial charge in [0, 0.05) is 13.0 Å². The van der Waals surface area contributed by atoms with Gasteiger partial charge in [-0.2, -0.15) is 0 Å². The number of methoxy groups -OCH3 is 1. The molecular weight excluding hydrogens is 172 g/mol. The normalized spacial score (nSPS) is 52.2. The first kappa shape index (κ1) is 10.9. The van der Waals surface area contributed by atoms with Gasteiger partial charge in [-0.3, -0.25) is 0 Å². The summed E-state index contributed by atoms with van der Waals surface area (Å²) in [4.78, 5) is 0. The van der Waals surface area contributed by atoms with Crippen LogP contribution in [0.4, 0.5) is 0 Å². The summed E-state index contributed by atoms with van der Waals surface area (Å²) in [7, 11) is 1.53. The molecule has 0 spiro atoms. The molecule has 0 aromatic heterocycles. The number of ether oxygens (including phenoxy) is 2. The van der Waals surface area contributed by atoms with Crippen LogP contribution >= 0.6 is 0 Å². The smallest absolute Gasteiger partial charge is 0.163 e. The maximum absolute atomic E-state index is 9.97. The molecule has 78 valence electrons. The SMILES string of the molecule is CO[C@@H]1O[C@@H](C)[C@H](O)[C@](C)(O)[C@H]1C. The highest BCUT2D eigenvalue weighted by Crippen LogP contribution is 2.34. The summed E-state index contributed by atoms with van der Waals surface area (Å²) in [5.41, 5.74) is -1.15. The van der Waals surface area contributed by atoms with Crippen LogP contribution in [-0.2, 0) is 9.47 Å². The second-order valence-electron chi connectivity index (χ2n) is 3.90. The van der Waals surface area contributed by atoms with E-state index >= 15 is 0 Å². The van der Waals surface area contributed by atoms with Gasteiger partial charge >= 0.3 is 0 Å². The molecule has 0 aromatic carbocycles. The van der Waals surface area contributed by atoms with Crippen molar-refractivity contribution < 1.29 is 19.7 Å². The van der Waals surface area contributed by atoms with Gasteiger partial charge in [-0.1, -0.05) is 6.92 Å². The number of rotatable bonds is 1. The van der Waals surface area contributed by atoms with Crippen molar-refractivity contribution in [2.75, 3.05) is 7.11 Å². The molecule has 1 aliphatic heterocycles. The molecule has 13 heavy (non-hydrogen) atoms. The molecule has 0 unspecified atom stereocenters. The van der Waals surface area contributed by atoms with Gasteiger partial charge < -0.3 is 19.7 Å². The Hall–Kier alpha value is -0.160. The van der Waals surface area contributed by atoms with Crippen LogP contribution in [0.15, 0.2) is 0 Å². The zero-order valence-electron chi connectivity index (χ0n) is 8.52. The standard InChI is InChI=1S/C9H18O4/c1-5-8(12-4)13-6(2)7(10)9(5,3)11/h5-8,10-11H,1-4H3/t5-,6-,7-,8+,9+/m0/s1. The van der Waals surface area contributed by atoms with E-state index in [1.807, 2.05) is 0 Å².